The lowest BCUT2D eigenvalue weighted by Gasteiger charge is -2.01. The normalized spacial score (nSPS) is 10.8. The number of anilines is 1. The van der Waals surface area contributed by atoms with Gasteiger partial charge in [0.25, 0.3) is 0 Å². The van der Waals surface area contributed by atoms with Crippen molar-refractivity contribution in [1.29, 1.82) is 0 Å². The van der Waals surface area contributed by atoms with E-state index in [2.05, 4.69) is 20.4 Å². The van der Waals surface area contributed by atoms with Gasteiger partial charge in [0.15, 0.2) is 5.65 Å². The molecule has 0 aliphatic carbocycles. The Bertz CT molecular complexity index is 717. The molecule has 0 spiro atoms. The summed E-state index contributed by atoms with van der Waals surface area (Å²) >= 11 is 0. The van der Waals surface area contributed by atoms with Gasteiger partial charge in [-0.2, -0.15) is 4.98 Å². The van der Waals surface area contributed by atoms with Crippen molar-refractivity contribution in [3.63, 3.8) is 0 Å². The Morgan fingerprint density at radius 2 is 1.89 bits per heavy atom. The molecule has 3 aromatic heterocycles. The lowest BCUT2D eigenvalue weighted by atomic mass is 10.3. The Kier molecular flexibility index (Phi) is 2.87. The zero-order chi connectivity index (χ0) is 13.2. The SMILES string of the molecule is Cc1cccc(CNc2nc3cccc(C)n3n2)n1. The van der Waals surface area contributed by atoms with Gasteiger partial charge in [-0.3, -0.25) is 4.98 Å². The largest absolute Gasteiger partial charge is 0.347 e. The van der Waals surface area contributed by atoms with Crippen LogP contribution in [0.4, 0.5) is 5.95 Å². The van der Waals surface area contributed by atoms with Crippen molar-refractivity contribution in [3.8, 4) is 0 Å². The highest BCUT2D eigenvalue weighted by molar-refractivity contribution is 5.44. The lowest BCUT2D eigenvalue weighted by Crippen LogP contribution is -2.03. The van der Waals surface area contributed by atoms with Gasteiger partial charge in [0, 0.05) is 11.4 Å². The number of nitrogens with one attached hydrogen (secondary N) is 1. The molecule has 0 bridgehead atoms. The Morgan fingerprint density at radius 3 is 2.68 bits per heavy atom. The fourth-order valence-corrected chi connectivity index (χ4v) is 1.98. The summed E-state index contributed by atoms with van der Waals surface area (Å²) in [5.74, 6) is 0.623. The van der Waals surface area contributed by atoms with Crippen molar-refractivity contribution in [2.24, 2.45) is 0 Å². The summed E-state index contributed by atoms with van der Waals surface area (Å²) in [6, 6.07) is 11.9. The first-order valence-electron chi connectivity index (χ1n) is 6.21. The number of aromatic nitrogens is 4. The molecule has 0 fully saturated rings. The van der Waals surface area contributed by atoms with E-state index in [-0.39, 0.29) is 0 Å². The highest BCUT2D eigenvalue weighted by Gasteiger charge is 2.04. The number of aryl methyl sites for hydroxylation is 2. The van der Waals surface area contributed by atoms with Gasteiger partial charge in [0.1, 0.15) is 0 Å². The topological polar surface area (TPSA) is 55.1 Å². The van der Waals surface area contributed by atoms with Crippen LogP contribution in [0.5, 0.6) is 0 Å². The smallest absolute Gasteiger partial charge is 0.243 e. The molecule has 0 saturated carbocycles. The standard InChI is InChI=1S/C14H15N5/c1-10-5-3-7-12(16-10)9-15-14-17-13-8-4-6-11(2)19(13)18-14/h3-8H,9H2,1-2H3,(H,15,18). The van der Waals surface area contributed by atoms with Gasteiger partial charge in [-0.15, -0.1) is 5.10 Å². The predicted octanol–water partition coefficient (Wildman–Crippen LogP) is 2.35. The maximum atomic E-state index is 4.43. The summed E-state index contributed by atoms with van der Waals surface area (Å²) in [4.78, 5) is 8.86. The molecule has 96 valence electrons. The maximum Gasteiger partial charge on any atom is 0.243 e. The number of hydrogen-bond donors (Lipinski definition) is 1. The number of pyridine rings is 2. The molecule has 3 heterocycles. The minimum absolute atomic E-state index is 0.623. The van der Waals surface area contributed by atoms with Crippen LogP contribution in [-0.4, -0.2) is 19.6 Å². The van der Waals surface area contributed by atoms with E-state index in [1.165, 1.54) is 0 Å². The molecular weight excluding hydrogens is 238 g/mol. The summed E-state index contributed by atoms with van der Waals surface area (Å²) in [5.41, 5.74) is 3.90. The third-order valence-corrected chi connectivity index (χ3v) is 2.92. The Labute approximate surface area is 111 Å². The molecule has 1 N–H and O–H groups in total. The van der Waals surface area contributed by atoms with E-state index in [0.717, 1.165) is 22.7 Å². The summed E-state index contributed by atoms with van der Waals surface area (Å²) in [6.45, 7) is 4.61. The first-order chi connectivity index (χ1) is 9.22. The molecule has 0 aliphatic heterocycles. The molecule has 3 aromatic rings. The molecule has 0 saturated heterocycles. The van der Waals surface area contributed by atoms with Crippen LogP contribution in [0.1, 0.15) is 17.1 Å². The second kappa shape index (κ2) is 4.68. The van der Waals surface area contributed by atoms with E-state index in [1.54, 1.807) is 0 Å². The van der Waals surface area contributed by atoms with Gasteiger partial charge < -0.3 is 5.32 Å². The van der Waals surface area contributed by atoms with Gasteiger partial charge in [0.05, 0.1) is 12.2 Å². The van der Waals surface area contributed by atoms with E-state index in [9.17, 15) is 0 Å². The Balaban J connectivity index is 1.80. The molecule has 5 heteroatoms. The Morgan fingerprint density at radius 1 is 1.05 bits per heavy atom. The molecule has 0 aliphatic rings. The van der Waals surface area contributed by atoms with E-state index in [1.807, 2.05) is 54.8 Å². The second-order valence-electron chi connectivity index (χ2n) is 4.50. The molecule has 0 atom stereocenters. The zero-order valence-corrected chi connectivity index (χ0v) is 11.0. The van der Waals surface area contributed by atoms with Gasteiger partial charge in [-0.25, -0.2) is 4.52 Å². The monoisotopic (exact) mass is 253 g/mol. The quantitative estimate of drug-likeness (QED) is 0.778. The second-order valence-corrected chi connectivity index (χ2v) is 4.50. The summed E-state index contributed by atoms with van der Waals surface area (Å²) in [7, 11) is 0. The van der Waals surface area contributed by atoms with Crippen molar-refractivity contribution in [3.05, 3.63) is 53.5 Å². The molecule has 0 unspecified atom stereocenters. The molecule has 0 radical (unpaired) electrons. The predicted molar refractivity (Wildman–Crippen MR) is 74.0 cm³/mol. The summed E-state index contributed by atoms with van der Waals surface area (Å²) < 4.78 is 1.83. The van der Waals surface area contributed by atoms with E-state index < -0.39 is 0 Å². The van der Waals surface area contributed by atoms with Gasteiger partial charge in [-0.05, 0) is 38.1 Å². The van der Waals surface area contributed by atoms with Crippen LogP contribution >= 0.6 is 0 Å². The first kappa shape index (κ1) is 11.6. The van der Waals surface area contributed by atoms with Gasteiger partial charge in [-0.1, -0.05) is 12.1 Å². The van der Waals surface area contributed by atoms with Crippen molar-refractivity contribution in [1.82, 2.24) is 19.6 Å². The number of fused-ring (bicyclic) bond motifs is 1. The fraction of sp³-hybridized carbons (Fsp3) is 0.214. The van der Waals surface area contributed by atoms with Crippen molar-refractivity contribution >= 4 is 11.6 Å². The van der Waals surface area contributed by atoms with Crippen LogP contribution in [-0.2, 0) is 6.54 Å². The van der Waals surface area contributed by atoms with Crippen LogP contribution in [0.15, 0.2) is 36.4 Å². The number of rotatable bonds is 3. The first-order valence-corrected chi connectivity index (χ1v) is 6.21. The van der Waals surface area contributed by atoms with Crippen LogP contribution < -0.4 is 5.32 Å². The summed E-state index contributed by atoms with van der Waals surface area (Å²) in [5, 5.41) is 7.62. The average Bonchev–Trinajstić information content (AvgIpc) is 2.81. The number of nitrogens with zero attached hydrogens (tertiary/aromatic N) is 4. The molecule has 0 amide bonds. The third-order valence-electron chi connectivity index (χ3n) is 2.92. The van der Waals surface area contributed by atoms with Crippen LogP contribution in [0.2, 0.25) is 0 Å². The minimum Gasteiger partial charge on any atom is -0.347 e. The molecule has 19 heavy (non-hydrogen) atoms. The van der Waals surface area contributed by atoms with E-state index >= 15 is 0 Å². The van der Waals surface area contributed by atoms with Crippen LogP contribution in [0, 0.1) is 13.8 Å². The molecule has 0 aromatic carbocycles. The van der Waals surface area contributed by atoms with Gasteiger partial charge in [0.2, 0.25) is 5.95 Å². The maximum absolute atomic E-state index is 4.43. The highest BCUT2D eigenvalue weighted by Crippen LogP contribution is 2.09. The van der Waals surface area contributed by atoms with Crippen molar-refractivity contribution < 1.29 is 0 Å². The van der Waals surface area contributed by atoms with Crippen molar-refractivity contribution in [2.45, 2.75) is 20.4 Å². The van der Waals surface area contributed by atoms with Crippen molar-refractivity contribution in [2.75, 3.05) is 5.32 Å². The molecule has 3 rings (SSSR count). The Hall–Kier alpha value is -2.43. The molecule has 5 nitrogen and oxygen atoms in total. The third kappa shape index (κ3) is 2.40. The van der Waals surface area contributed by atoms with Crippen LogP contribution in [0.3, 0.4) is 0 Å². The lowest BCUT2D eigenvalue weighted by molar-refractivity contribution is 0.904. The minimum atomic E-state index is 0.623. The fourth-order valence-electron chi connectivity index (χ4n) is 1.98. The highest BCUT2D eigenvalue weighted by atomic mass is 15.3. The summed E-state index contributed by atoms with van der Waals surface area (Å²) in [6.07, 6.45) is 0. The average molecular weight is 253 g/mol. The van der Waals surface area contributed by atoms with Gasteiger partial charge >= 0.3 is 0 Å². The zero-order valence-electron chi connectivity index (χ0n) is 11.0. The van der Waals surface area contributed by atoms with Crippen LogP contribution in [0.25, 0.3) is 5.65 Å². The van der Waals surface area contributed by atoms with E-state index in [0.29, 0.717) is 12.5 Å². The molecular formula is C14H15N5. The number of hydrogen-bond acceptors (Lipinski definition) is 4. The van der Waals surface area contributed by atoms with E-state index in [4.69, 9.17) is 0 Å².